The molecule has 0 spiro atoms. The van der Waals surface area contributed by atoms with Crippen LogP contribution in [0.25, 0.3) is 11.3 Å². The van der Waals surface area contributed by atoms with Crippen molar-refractivity contribution in [3.05, 3.63) is 66.7 Å². The van der Waals surface area contributed by atoms with Crippen LogP contribution in [0.3, 0.4) is 0 Å². The number of benzene rings is 1. The molecule has 4 heteroatoms. The fourth-order valence-corrected chi connectivity index (χ4v) is 2.96. The maximum atomic E-state index is 5.99. The van der Waals surface area contributed by atoms with Crippen molar-refractivity contribution >= 4 is 5.82 Å². The lowest BCUT2D eigenvalue weighted by molar-refractivity contribution is 0.723. The molecule has 21 heavy (non-hydrogen) atoms. The number of nitrogens with zero attached hydrogens (tertiary/aromatic N) is 3. The van der Waals surface area contributed by atoms with Gasteiger partial charge in [0.2, 0.25) is 0 Å². The van der Waals surface area contributed by atoms with Crippen LogP contribution < -0.4 is 5.73 Å². The first kappa shape index (κ1) is 12.1. The SMILES string of the molecule is Nc1ncccc1-c1cncn1C1CC1c1ccccc1. The molecule has 104 valence electrons. The fourth-order valence-electron chi connectivity index (χ4n) is 2.96. The van der Waals surface area contributed by atoms with Gasteiger partial charge in [0.25, 0.3) is 0 Å². The van der Waals surface area contributed by atoms with Gasteiger partial charge in [-0.15, -0.1) is 0 Å². The molecule has 1 aliphatic carbocycles. The van der Waals surface area contributed by atoms with Crippen molar-refractivity contribution < 1.29 is 0 Å². The molecule has 4 nitrogen and oxygen atoms in total. The van der Waals surface area contributed by atoms with Crippen LogP contribution in [0.5, 0.6) is 0 Å². The Morgan fingerprint density at radius 3 is 2.76 bits per heavy atom. The van der Waals surface area contributed by atoms with Crippen LogP contribution in [0.2, 0.25) is 0 Å². The summed E-state index contributed by atoms with van der Waals surface area (Å²) in [4.78, 5) is 8.48. The number of imidazole rings is 1. The minimum Gasteiger partial charge on any atom is -0.383 e. The van der Waals surface area contributed by atoms with Crippen LogP contribution in [-0.2, 0) is 0 Å². The number of hydrogen-bond donors (Lipinski definition) is 1. The van der Waals surface area contributed by atoms with E-state index >= 15 is 0 Å². The van der Waals surface area contributed by atoms with Gasteiger partial charge in [0.15, 0.2) is 0 Å². The second-order valence-corrected chi connectivity index (χ2v) is 5.44. The van der Waals surface area contributed by atoms with Gasteiger partial charge in [-0.3, -0.25) is 0 Å². The molecule has 1 fully saturated rings. The smallest absolute Gasteiger partial charge is 0.132 e. The number of nitrogens with two attached hydrogens (primary N) is 1. The predicted molar refractivity (Wildman–Crippen MR) is 82.7 cm³/mol. The normalized spacial score (nSPS) is 20.4. The van der Waals surface area contributed by atoms with E-state index in [9.17, 15) is 0 Å². The Morgan fingerprint density at radius 1 is 1.10 bits per heavy atom. The van der Waals surface area contributed by atoms with Gasteiger partial charge in [-0.05, 0) is 24.1 Å². The predicted octanol–water partition coefficient (Wildman–Crippen LogP) is 3.26. The Bertz CT molecular complexity index is 763. The lowest BCUT2D eigenvalue weighted by Crippen LogP contribution is -2.00. The molecule has 1 aromatic carbocycles. The van der Waals surface area contributed by atoms with Crippen LogP contribution in [0.15, 0.2) is 61.2 Å². The molecule has 3 aromatic rings. The Balaban J connectivity index is 1.67. The average Bonchev–Trinajstić information content (AvgIpc) is 3.18. The number of hydrogen-bond acceptors (Lipinski definition) is 3. The van der Waals surface area contributed by atoms with Crippen molar-refractivity contribution in [1.82, 2.24) is 14.5 Å². The molecule has 0 saturated heterocycles. The van der Waals surface area contributed by atoms with Gasteiger partial charge in [0, 0.05) is 23.7 Å². The number of rotatable bonds is 3. The molecule has 0 bridgehead atoms. The fraction of sp³-hybridized carbons (Fsp3) is 0.176. The molecule has 0 amide bonds. The molecule has 1 aliphatic rings. The Morgan fingerprint density at radius 2 is 1.95 bits per heavy atom. The topological polar surface area (TPSA) is 56.7 Å². The highest BCUT2D eigenvalue weighted by atomic mass is 15.1. The summed E-state index contributed by atoms with van der Waals surface area (Å²) >= 11 is 0. The second-order valence-electron chi connectivity index (χ2n) is 5.44. The van der Waals surface area contributed by atoms with Gasteiger partial charge in [-0.25, -0.2) is 9.97 Å². The molecule has 0 radical (unpaired) electrons. The molecule has 4 rings (SSSR count). The molecular formula is C17H16N4. The molecule has 2 atom stereocenters. The minimum atomic E-state index is 0.463. The Hall–Kier alpha value is -2.62. The van der Waals surface area contributed by atoms with Crippen molar-refractivity contribution in [2.45, 2.75) is 18.4 Å². The van der Waals surface area contributed by atoms with Gasteiger partial charge in [-0.2, -0.15) is 0 Å². The number of nitrogen functional groups attached to an aromatic ring is 1. The van der Waals surface area contributed by atoms with Gasteiger partial charge >= 0.3 is 0 Å². The van der Waals surface area contributed by atoms with Gasteiger partial charge in [-0.1, -0.05) is 30.3 Å². The van der Waals surface area contributed by atoms with E-state index in [1.165, 1.54) is 5.56 Å². The first-order valence-electron chi connectivity index (χ1n) is 7.12. The van der Waals surface area contributed by atoms with E-state index < -0.39 is 0 Å². The first-order chi connectivity index (χ1) is 10.3. The molecule has 2 aromatic heterocycles. The van der Waals surface area contributed by atoms with Crippen LogP contribution in [0.4, 0.5) is 5.82 Å². The molecule has 2 N–H and O–H groups in total. The molecule has 2 heterocycles. The molecule has 1 saturated carbocycles. The Kier molecular flexibility index (Phi) is 2.74. The minimum absolute atomic E-state index is 0.463. The summed E-state index contributed by atoms with van der Waals surface area (Å²) in [6, 6.07) is 15.0. The van der Waals surface area contributed by atoms with E-state index in [4.69, 9.17) is 5.73 Å². The monoisotopic (exact) mass is 276 g/mol. The highest BCUT2D eigenvalue weighted by Crippen LogP contribution is 2.52. The van der Waals surface area contributed by atoms with Crippen LogP contribution in [0.1, 0.15) is 23.9 Å². The third-order valence-electron chi connectivity index (χ3n) is 4.12. The summed E-state index contributed by atoms with van der Waals surface area (Å²) in [7, 11) is 0. The molecule has 2 unspecified atom stereocenters. The van der Waals surface area contributed by atoms with Crippen molar-refractivity contribution in [1.29, 1.82) is 0 Å². The molecular weight excluding hydrogens is 260 g/mol. The van der Waals surface area contributed by atoms with Gasteiger partial charge < -0.3 is 10.3 Å². The summed E-state index contributed by atoms with van der Waals surface area (Å²) in [5, 5.41) is 0. The largest absolute Gasteiger partial charge is 0.383 e. The second kappa shape index (κ2) is 4.74. The number of anilines is 1. The van der Waals surface area contributed by atoms with E-state index in [0.717, 1.165) is 17.7 Å². The third kappa shape index (κ3) is 2.09. The zero-order chi connectivity index (χ0) is 14.2. The number of pyridine rings is 1. The van der Waals surface area contributed by atoms with Crippen LogP contribution in [-0.4, -0.2) is 14.5 Å². The lowest BCUT2D eigenvalue weighted by atomic mass is 10.1. The standard InChI is InChI=1S/C17H16N4/c18-17-13(7-4-8-20-17)16-10-19-11-21(16)15-9-14(15)12-5-2-1-3-6-12/h1-8,10-11,14-15H,9H2,(H2,18,20). The first-order valence-corrected chi connectivity index (χ1v) is 7.12. The zero-order valence-corrected chi connectivity index (χ0v) is 11.6. The van der Waals surface area contributed by atoms with E-state index in [1.807, 2.05) is 24.7 Å². The quantitative estimate of drug-likeness (QED) is 0.799. The average molecular weight is 276 g/mol. The summed E-state index contributed by atoms with van der Waals surface area (Å²) in [5.41, 5.74) is 9.38. The van der Waals surface area contributed by atoms with Crippen molar-refractivity contribution in [3.8, 4) is 11.3 Å². The van der Waals surface area contributed by atoms with E-state index in [2.05, 4.69) is 44.9 Å². The van der Waals surface area contributed by atoms with Crippen LogP contribution in [0, 0.1) is 0 Å². The highest BCUT2D eigenvalue weighted by molar-refractivity contribution is 5.70. The van der Waals surface area contributed by atoms with E-state index in [1.54, 1.807) is 6.20 Å². The summed E-state index contributed by atoms with van der Waals surface area (Å²) in [5.74, 6) is 1.12. The van der Waals surface area contributed by atoms with Gasteiger partial charge in [0.1, 0.15) is 5.82 Å². The highest BCUT2D eigenvalue weighted by Gasteiger charge is 2.40. The Labute approximate surface area is 123 Å². The number of aromatic nitrogens is 3. The van der Waals surface area contributed by atoms with Crippen molar-refractivity contribution in [3.63, 3.8) is 0 Å². The maximum Gasteiger partial charge on any atom is 0.132 e. The van der Waals surface area contributed by atoms with Crippen molar-refractivity contribution in [2.75, 3.05) is 5.73 Å². The summed E-state index contributed by atoms with van der Waals surface area (Å²) in [6.07, 6.45) is 6.63. The van der Waals surface area contributed by atoms with Crippen molar-refractivity contribution in [2.24, 2.45) is 0 Å². The zero-order valence-electron chi connectivity index (χ0n) is 11.6. The van der Waals surface area contributed by atoms with E-state index in [-0.39, 0.29) is 0 Å². The van der Waals surface area contributed by atoms with E-state index in [0.29, 0.717) is 17.8 Å². The van der Waals surface area contributed by atoms with Crippen LogP contribution >= 0.6 is 0 Å². The summed E-state index contributed by atoms with van der Waals surface area (Å²) < 4.78 is 2.23. The molecule has 0 aliphatic heterocycles. The lowest BCUT2D eigenvalue weighted by Gasteiger charge is -2.09. The van der Waals surface area contributed by atoms with Gasteiger partial charge in [0.05, 0.1) is 18.2 Å². The maximum absolute atomic E-state index is 5.99. The third-order valence-corrected chi connectivity index (χ3v) is 4.12. The summed E-state index contributed by atoms with van der Waals surface area (Å²) in [6.45, 7) is 0.